The van der Waals surface area contributed by atoms with Gasteiger partial charge in [-0.2, -0.15) is 0 Å². The highest BCUT2D eigenvalue weighted by Crippen LogP contribution is 2.25. The number of hydrogen-bond donors (Lipinski definition) is 0. The number of methoxy groups -OCH3 is 1. The Hall–Kier alpha value is -1.57. The molecule has 0 fully saturated rings. The minimum atomic E-state index is -0.291. The van der Waals surface area contributed by atoms with E-state index in [0.29, 0.717) is 11.1 Å². The van der Waals surface area contributed by atoms with Gasteiger partial charge in [0.25, 0.3) is 0 Å². The van der Waals surface area contributed by atoms with E-state index in [4.69, 9.17) is 4.74 Å². The maximum absolute atomic E-state index is 13.5. The summed E-state index contributed by atoms with van der Waals surface area (Å²) in [5, 5.41) is 1.49. The Morgan fingerprint density at radius 1 is 1.08 bits per heavy atom. The third kappa shape index (κ3) is 1.24. The van der Waals surface area contributed by atoms with Crippen LogP contribution in [0.1, 0.15) is 0 Å². The zero-order chi connectivity index (χ0) is 9.26. The van der Waals surface area contributed by atoms with E-state index >= 15 is 0 Å². The topological polar surface area (TPSA) is 9.23 Å². The number of halogens is 1. The van der Waals surface area contributed by atoms with Crippen molar-refractivity contribution in [2.45, 2.75) is 0 Å². The van der Waals surface area contributed by atoms with Gasteiger partial charge in [0.2, 0.25) is 0 Å². The summed E-state index contributed by atoms with van der Waals surface area (Å²) in [6.07, 6.45) is 0. The predicted octanol–water partition coefficient (Wildman–Crippen LogP) is 2.99. The fourth-order valence-corrected chi connectivity index (χ4v) is 1.37. The predicted molar refractivity (Wildman–Crippen MR) is 50.5 cm³/mol. The molecule has 0 radical (unpaired) electrons. The second-order valence-corrected chi connectivity index (χ2v) is 2.80. The average Bonchev–Trinajstić information content (AvgIpc) is 2.19. The van der Waals surface area contributed by atoms with Crippen molar-refractivity contribution in [3.05, 3.63) is 42.2 Å². The molecule has 66 valence electrons. The number of benzene rings is 2. The lowest BCUT2D eigenvalue weighted by molar-refractivity contribution is 0.389. The summed E-state index contributed by atoms with van der Waals surface area (Å²) in [7, 11) is 1.47. The zero-order valence-electron chi connectivity index (χ0n) is 7.25. The van der Waals surface area contributed by atoms with Crippen LogP contribution in [0.2, 0.25) is 0 Å². The van der Waals surface area contributed by atoms with Crippen LogP contribution in [0.25, 0.3) is 10.8 Å². The van der Waals surface area contributed by atoms with E-state index in [1.807, 2.05) is 24.3 Å². The van der Waals surface area contributed by atoms with Crippen molar-refractivity contribution in [2.75, 3.05) is 7.11 Å². The van der Waals surface area contributed by atoms with Crippen LogP contribution < -0.4 is 4.74 Å². The summed E-state index contributed by atoms with van der Waals surface area (Å²) in [6, 6.07) is 10.8. The maximum Gasteiger partial charge on any atom is 0.172 e. The van der Waals surface area contributed by atoms with Gasteiger partial charge in [0.05, 0.1) is 7.11 Å². The minimum absolute atomic E-state index is 0.290. The minimum Gasteiger partial charge on any atom is -0.494 e. The molecule has 0 amide bonds. The van der Waals surface area contributed by atoms with E-state index in [0.717, 1.165) is 5.39 Å². The van der Waals surface area contributed by atoms with Gasteiger partial charge in [0.1, 0.15) is 0 Å². The van der Waals surface area contributed by atoms with Crippen LogP contribution in [0, 0.1) is 5.82 Å². The van der Waals surface area contributed by atoms with E-state index in [1.165, 1.54) is 7.11 Å². The summed E-state index contributed by atoms with van der Waals surface area (Å²) in [4.78, 5) is 0. The summed E-state index contributed by atoms with van der Waals surface area (Å²) >= 11 is 0. The highest BCUT2D eigenvalue weighted by Gasteiger charge is 2.05. The molecule has 13 heavy (non-hydrogen) atoms. The Kier molecular flexibility index (Phi) is 1.89. The normalized spacial score (nSPS) is 10.3. The molecule has 0 aliphatic heterocycles. The molecule has 0 N–H and O–H groups in total. The maximum atomic E-state index is 13.5. The molecule has 1 nitrogen and oxygen atoms in total. The molecular formula is C11H9FO. The molecule has 2 heteroatoms. The molecular weight excluding hydrogens is 167 g/mol. The first-order valence-corrected chi connectivity index (χ1v) is 4.04. The van der Waals surface area contributed by atoms with Gasteiger partial charge in [-0.15, -0.1) is 0 Å². The van der Waals surface area contributed by atoms with Gasteiger partial charge in [0, 0.05) is 5.39 Å². The molecule has 0 bridgehead atoms. The van der Waals surface area contributed by atoms with Crippen LogP contribution in [0.5, 0.6) is 5.75 Å². The van der Waals surface area contributed by atoms with Gasteiger partial charge in [-0.3, -0.25) is 0 Å². The molecule has 0 aliphatic carbocycles. The Labute approximate surface area is 75.8 Å². The molecule has 2 aromatic carbocycles. The Morgan fingerprint density at radius 3 is 2.62 bits per heavy atom. The van der Waals surface area contributed by atoms with Crippen molar-refractivity contribution in [3.63, 3.8) is 0 Å². The summed E-state index contributed by atoms with van der Waals surface area (Å²) < 4.78 is 18.4. The third-order valence-electron chi connectivity index (χ3n) is 2.05. The highest BCUT2D eigenvalue weighted by molar-refractivity contribution is 5.84. The molecule has 0 heterocycles. The number of ether oxygens (including phenoxy) is 1. The van der Waals surface area contributed by atoms with Gasteiger partial charge < -0.3 is 4.74 Å². The fourth-order valence-electron chi connectivity index (χ4n) is 1.37. The summed E-state index contributed by atoms with van der Waals surface area (Å²) in [6.45, 7) is 0. The van der Waals surface area contributed by atoms with Crippen molar-refractivity contribution in [1.29, 1.82) is 0 Å². The van der Waals surface area contributed by atoms with Gasteiger partial charge in [-0.1, -0.05) is 30.3 Å². The van der Waals surface area contributed by atoms with Gasteiger partial charge in [0.15, 0.2) is 11.6 Å². The number of rotatable bonds is 1. The fraction of sp³-hybridized carbons (Fsp3) is 0.0909. The van der Waals surface area contributed by atoms with Crippen LogP contribution >= 0.6 is 0 Å². The van der Waals surface area contributed by atoms with Crippen molar-refractivity contribution in [1.82, 2.24) is 0 Å². The van der Waals surface area contributed by atoms with E-state index in [1.54, 1.807) is 12.1 Å². The van der Waals surface area contributed by atoms with E-state index in [9.17, 15) is 4.39 Å². The molecule has 0 atom stereocenters. The van der Waals surface area contributed by atoms with E-state index < -0.39 is 0 Å². The lowest BCUT2D eigenvalue weighted by Crippen LogP contribution is -1.88. The largest absolute Gasteiger partial charge is 0.494 e. The van der Waals surface area contributed by atoms with Crippen LogP contribution in [-0.2, 0) is 0 Å². The second-order valence-electron chi connectivity index (χ2n) is 2.80. The van der Waals surface area contributed by atoms with Gasteiger partial charge in [-0.05, 0) is 11.5 Å². The molecule has 0 saturated heterocycles. The van der Waals surface area contributed by atoms with Crippen molar-refractivity contribution < 1.29 is 9.13 Å². The smallest absolute Gasteiger partial charge is 0.172 e. The average molecular weight is 176 g/mol. The summed E-state index contributed by atoms with van der Waals surface area (Å²) in [5.41, 5.74) is 0. The quantitative estimate of drug-likeness (QED) is 0.649. The van der Waals surface area contributed by atoms with Crippen molar-refractivity contribution in [2.24, 2.45) is 0 Å². The van der Waals surface area contributed by atoms with Gasteiger partial charge >= 0.3 is 0 Å². The SMILES string of the molecule is COc1ccc2ccccc2c1F. The third-order valence-corrected chi connectivity index (χ3v) is 2.05. The zero-order valence-corrected chi connectivity index (χ0v) is 7.25. The first kappa shape index (κ1) is 8.05. The number of fused-ring (bicyclic) bond motifs is 1. The van der Waals surface area contributed by atoms with E-state index in [-0.39, 0.29) is 5.82 Å². The summed E-state index contributed by atoms with van der Waals surface area (Å²) in [5.74, 6) is -0.000648. The Morgan fingerprint density at radius 2 is 1.85 bits per heavy atom. The molecule has 2 rings (SSSR count). The Balaban J connectivity index is 2.79. The lowest BCUT2D eigenvalue weighted by atomic mass is 10.1. The second kappa shape index (κ2) is 3.05. The number of hydrogen-bond acceptors (Lipinski definition) is 1. The molecule has 0 unspecified atom stereocenters. The van der Waals surface area contributed by atoms with Crippen molar-refractivity contribution >= 4 is 10.8 Å². The molecule has 0 aromatic heterocycles. The Bertz CT molecular complexity index is 437. The van der Waals surface area contributed by atoms with Gasteiger partial charge in [-0.25, -0.2) is 4.39 Å². The van der Waals surface area contributed by atoms with Crippen molar-refractivity contribution in [3.8, 4) is 5.75 Å². The first-order chi connectivity index (χ1) is 6.33. The standard InChI is InChI=1S/C11H9FO/c1-13-10-7-6-8-4-2-3-5-9(8)11(10)12/h2-7H,1H3. The monoisotopic (exact) mass is 176 g/mol. The highest BCUT2D eigenvalue weighted by atomic mass is 19.1. The molecule has 2 aromatic rings. The van der Waals surface area contributed by atoms with Crippen LogP contribution in [0.15, 0.2) is 36.4 Å². The lowest BCUT2D eigenvalue weighted by Gasteiger charge is -2.04. The first-order valence-electron chi connectivity index (χ1n) is 4.04. The van der Waals surface area contributed by atoms with Crippen LogP contribution in [0.4, 0.5) is 4.39 Å². The van der Waals surface area contributed by atoms with Crippen LogP contribution in [-0.4, -0.2) is 7.11 Å². The molecule has 0 spiro atoms. The van der Waals surface area contributed by atoms with E-state index in [2.05, 4.69) is 0 Å². The molecule has 0 aliphatic rings. The van der Waals surface area contributed by atoms with Crippen LogP contribution in [0.3, 0.4) is 0 Å². The molecule has 0 saturated carbocycles.